The number of rotatable bonds is 10. The molecule has 3 aromatic rings. The van der Waals surface area contributed by atoms with Gasteiger partial charge in [0.05, 0.1) is 11.1 Å². The monoisotopic (exact) mass is 487 g/mol. The maximum absolute atomic E-state index is 13.6. The number of carbonyl (C=O) groups is 2. The van der Waals surface area contributed by atoms with Gasteiger partial charge in [-0.15, -0.1) is 0 Å². The van der Waals surface area contributed by atoms with Crippen LogP contribution in [0.2, 0.25) is 5.02 Å². The van der Waals surface area contributed by atoms with E-state index in [1.165, 1.54) is 11.0 Å². The Hall–Kier alpha value is -3.23. The van der Waals surface area contributed by atoms with Gasteiger partial charge in [0.15, 0.2) is 0 Å². The first kappa shape index (κ1) is 25.4. The van der Waals surface area contributed by atoms with Crippen LogP contribution in [0, 0.1) is 5.82 Å². The smallest absolute Gasteiger partial charge is 0.412 e. The number of aliphatic hydroxyl groups is 1. The number of benzene rings is 2. The van der Waals surface area contributed by atoms with E-state index in [0.29, 0.717) is 24.2 Å². The molecule has 0 aliphatic heterocycles. The fraction of sp³-hybridized carbons (Fsp3) is 0.320. The van der Waals surface area contributed by atoms with E-state index in [2.05, 4.69) is 10.3 Å². The summed E-state index contributed by atoms with van der Waals surface area (Å²) in [7, 11) is 1.61. The number of halogens is 2. The Morgan fingerprint density at radius 1 is 1.21 bits per heavy atom. The van der Waals surface area contributed by atoms with Crippen LogP contribution in [-0.4, -0.2) is 53.3 Å². The van der Waals surface area contributed by atoms with Gasteiger partial charge >= 0.3 is 6.09 Å². The average Bonchev–Trinajstić information content (AvgIpc) is 2.84. The maximum atomic E-state index is 13.6. The number of pyridine rings is 1. The highest BCUT2D eigenvalue weighted by Crippen LogP contribution is 2.21. The number of anilines is 1. The molecule has 0 unspecified atom stereocenters. The molecule has 0 fully saturated rings. The molecule has 0 saturated carbocycles. The van der Waals surface area contributed by atoms with E-state index in [1.54, 1.807) is 31.4 Å². The molecule has 1 atom stereocenters. The van der Waals surface area contributed by atoms with E-state index in [4.69, 9.17) is 16.3 Å². The average molecular weight is 488 g/mol. The third-order valence-corrected chi connectivity index (χ3v) is 5.97. The molecule has 0 bridgehead atoms. The van der Waals surface area contributed by atoms with Crippen molar-refractivity contribution < 1.29 is 23.8 Å². The highest BCUT2D eigenvalue weighted by atomic mass is 35.5. The van der Waals surface area contributed by atoms with Crippen molar-refractivity contribution in [1.82, 2.24) is 9.88 Å². The van der Waals surface area contributed by atoms with Crippen molar-refractivity contribution in [2.75, 3.05) is 25.6 Å². The molecule has 0 aliphatic rings. The van der Waals surface area contributed by atoms with Crippen LogP contribution in [-0.2, 0) is 16.0 Å². The largest absolute Gasteiger partial charge is 0.447 e. The van der Waals surface area contributed by atoms with Crippen LogP contribution in [0.3, 0.4) is 0 Å². The Labute approximate surface area is 202 Å². The highest BCUT2D eigenvalue weighted by molar-refractivity contribution is 6.31. The zero-order valence-electron chi connectivity index (χ0n) is 18.8. The number of amides is 2. The van der Waals surface area contributed by atoms with Crippen molar-refractivity contribution in [2.24, 2.45) is 0 Å². The number of nitrogens with zero attached hydrogens (tertiary/aromatic N) is 2. The number of nitrogens with one attached hydrogen (secondary N) is 1. The van der Waals surface area contributed by atoms with Gasteiger partial charge in [0, 0.05) is 31.7 Å². The highest BCUT2D eigenvalue weighted by Gasteiger charge is 2.22. The summed E-state index contributed by atoms with van der Waals surface area (Å²) < 4.78 is 19.0. The van der Waals surface area contributed by atoms with Crippen molar-refractivity contribution in [1.29, 1.82) is 0 Å². The van der Waals surface area contributed by atoms with E-state index in [9.17, 15) is 19.1 Å². The molecular formula is C25H27ClFN3O4. The molecule has 2 amide bonds. The van der Waals surface area contributed by atoms with E-state index in [1.807, 2.05) is 24.3 Å². The first-order chi connectivity index (χ1) is 16.4. The number of likely N-dealkylation sites (N-methyl/N-ethyl adjacent to an activating group) is 1. The summed E-state index contributed by atoms with van der Waals surface area (Å²) in [5, 5.41) is 13.7. The standard InChI is InChI=1S/C25H27ClFN3O4/c1-30(23(32)12-11-17-8-4-10-21(27)24(17)26)20(9-5-13-31)16-34-25(33)29-22-14-18-6-2-3-7-19(18)15-28-22/h2-4,6-8,10,14-15,20,31H,5,9,11-13,16H2,1H3,(H,28,29,33)/t20-/m0/s1. The van der Waals surface area contributed by atoms with E-state index in [0.717, 1.165) is 10.8 Å². The summed E-state index contributed by atoms with van der Waals surface area (Å²) in [5.74, 6) is -0.378. The molecular weight excluding hydrogens is 461 g/mol. The second kappa shape index (κ2) is 12.3. The Balaban J connectivity index is 1.56. The Kier molecular flexibility index (Phi) is 9.18. The molecule has 0 saturated heterocycles. The van der Waals surface area contributed by atoms with Gasteiger partial charge in [-0.1, -0.05) is 48.0 Å². The Bertz CT molecular complexity index is 1140. The summed E-state index contributed by atoms with van der Waals surface area (Å²) in [6.45, 7) is -0.104. The summed E-state index contributed by atoms with van der Waals surface area (Å²) in [6.07, 6.45) is 2.25. The Morgan fingerprint density at radius 2 is 1.97 bits per heavy atom. The molecule has 2 N–H and O–H groups in total. The number of aliphatic hydroxyl groups excluding tert-OH is 1. The van der Waals surface area contributed by atoms with E-state index < -0.39 is 18.0 Å². The van der Waals surface area contributed by atoms with Gasteiger partial charge in [-0.05, 0) is 42.3 Å². The molecule has 2 aromatic carbocycles. The van der Waals surface area contributed by atoms with Gasteiger partial charge < -0.3 is 14.7 Å². The number of hydrogen-bond acceptors (Lipinski definition) is 5. The first-order valence-corrected chi connectivity index (χ1v) is 11.3. The number of ether oxygens (including phenoxy) is 1. The number of hydrogen-bond donors (Lipinski definition) is 2. The number of fused-ring (bicyclic) bond motifs is 1. The minimum Gasteiger partial charge on any atom is -0.447 e. The van der Waals surface area contributed by atoms with Crippen LogP contribution in [0.5, 0.6) is 0 Å². The minimum absolute atomic E-state index is 0.0112. The van der Waals surface area contributed by atoms with Gasteiger partial charge in [-0.25, -0.2) is 14.2 Å². The predicted molar refractivity (Wildman–Crippen MR) is 129 cm³/mol. The fourth-order valence-corrected chi connectivity index (χ4v) is 3.76. The molecule has 0 radical (unpaired) electrons. The summed E-state index contributed by atoms with van der Waals surface area (Å²) >= 11 is 5.97. The van der Waals surface area contributed by atoms with Crippen molar-refractivity contribution in [2.45, 2.75) is 31.7 Å². The van der Waals surface area contributed by atoms with Crippen LogP contribution >= 0.6 is 11.6 Å². The van der Waals surface area contributed by atoms with Crippen molar-refractivity contribution in [3.05, 3.63) is 71.1 Å². The fourth-order valence-electron chi connectivity index (χ4n) is 3.54. The summed E-state index contributed by atoms with van der Waals surface area (Å²) in [5.41, 5.74) is 0.550. The zero-order valence-corrected chi connectivity index (χ0v) is 19.6. The van der Waals surface area contributed by atoms with Crippen LogP contribution in [0.25, 0.3) is 10.8 Å². The Morgan fingerprint density at radius 3 is 2.74 bits per heavy atom. The van der Waals surface area contributed by atoms with Crippen LogP contribution in [0.4, 0.5) is 15.0 Å². The van der Waals surface area contributed by atoms with Crippen LogP contribution < -0.4 is 5.32 Å². The van der Waals surface area contributed by atoms with Crippen molar-refractivity contribution >= 4 is 40.2 Å². The summed E-state index contributed by atoms with van der Waals surface area (Å²) in [4.78, 5) is 30.8. The molecule has 0 aliphatic carbocycles. The van der Waals surface area contributed by atoms with Crippen molar-refractivity contribution in [3.8, 4) is 0 Å². The SMILES string of the molecule is CN(C(=O)CCc1cccc(F)c1Cl)[C@@H](CCCO)COC(=O)Nc1cc2ccccc2cn1. The minimum atomic E-state index is -0.691. The lowest BCUT2D eigenvalue weighted by molar-refractivity contribution is -0.133. The van der Waals surface area contributed by atoms with Gasteiger partial charge in [0.25, 0.3) is 0 Å². The number of aromatic nitrogens is 1. The lowest BCUT2D eigenvalue weighted by Crippen LogP contribution is -2.41. The molecule has 9 heteroatoms. The van der Waals surface area contributed by atoms with E-state index >= 15 is 0 Å². The molecule has 180 valence electrons. The van der Waals surface area contributed by atoms with E-state index in [-0.39, 0.29) is 37.0 Å². The number of carbonyl (C=O) groups excluding carboxylic acids is 2. The second-order valence-corrected chi connectivity index (χ2v) is 8.26. The van der Waals surface area contributed by atoms with Gasteiger partial charge in [0.2, 0.25) is 5.91 Å². The molecule has 1 heterocycles. The zero-order chi connectivity index (χ0) is 24.5. The third-order valence-electron chi connectivity index (χ3n) is 5.54. The molecule has 7 nitrogen and oxygen atoms in total. The van der Waals surface area contributed by atoms with Crippen LogP contribution in [0.1, 0.15) is 24.8 Å². The van der Waals surface area contributed by atoms with Crippen molar-refractivity contribution in [3.63, 3.8) is 0 Å². The quantitative estimate of drug-likeness (QED) is 0.428. The molecule has 0 spiro atoms. The van der Waals surface area contributed by atoms with Gasteiger partial charge in [0.1, 0.15) is 18.2 Å². The third kappa shape index (κ3) is 6.88. The molecule has 1 aromatic heterocycles. The van der Waals surface area contributed by atoms with Crippen LogP contribution in [0.15, 0.2) is 54.7 Å². The second-order valence-electron chi connectivity index (χ2n) is 7.88. The van der Waals surface area contributed by atoms with Gasteiger partial charge in [-0.2, -0.15) is 0 Å². The van der Waals surface area contributed by atoms with Gasteiger partial charge in [-0.3, -0.25) is 10.1 Å². The first-order valence-electron chi connectivity index (χ1n) is 11.0. The molecule has 34 heavy (non-hydrogen) atoms. The normalized spacial score (nSPS) is 11.8. The lowest BCUT2D eigenvalue weighted by Gasteiger charge is -2.28. The lowest BCUT2D eigenvalue weighted by atomic mass is 10.1. The predicted octanol–water partition coefficient (Wildman–Crippen LogP) is 4.81. The molecule has 3 rings (SSSR count). The summed E-state index contributed by atoms with van der Waals surface area (Å²) in [6, 6.07) is 13.4. The maximum Gasteiger partial charge on any atom is 0.412 e. The number of aryl methyl sites for hydroxylation is 1. The topological polar surface area (TPSA) is 91.8 Å².